The summed E-state index contributed by atoms with van der Waals surface area (Å²) in [4.78, 5) is 7.71. The summed E-state index contributed by atoms with van der Waals surface area (Å²) < 4.78 is 6.59. The smallest absolute Gasteiger partial charge is 0.143 e. The first kappa shape index (κ1) is 27.2. The third-order valence-corrected chi connectivity index (χ3v) is 10.1. The van der Waals surface area contributed by atoms with Gasteiger partial charge < -0.3 is 14.6 Å². The maximum absolute atomic E-state index is 6.59. The average molecular weight is 621 g/mol. The van der Waals surface area contributed by atoms with Crippen molar-refractivity contribution >= 4 is 49.9 Å². The zero-order chi connectivity index (χ0) is 31.6. The molecule has 2 aliphatic heterocycles. The normalized spacial score (nSPS) is 21.3. The number of furan rings is 1. The van der Waals surface area contributed by atoms with E-state index in [0.29, 0.717) is 0 Å². The number of allylic oxidation sites excluding steroid dienone is 2. The number of hydrogen-bond acceptors (Lipinski definition) is 5. The molecule has 5 heteroatoms. The number of nitrogens with zero attached hydrogens (tertiary/aromatic N) is 2. The second-order valence-electron chi connectivity index (χ2n) is 12.8. The molecule has 4 atom stereocenters. The van der Waals surface area contributed by atoms with Gasteiger partial charge in [-0.05, 0) is 47.0 Å². The molecule has 48 heavy (non-hydrogen) atoms. The first-order chi connectivity index (χ1) is 23.8. The van der Waals surface area contributed by atoms with Crippen molar-refractivity contribution in [3.05, 3.63) is 180 Å². The first-order valence-corrected chi connectivity index (χ1v) is 16.6. The summed E-state index contributed by atoms with van der Waals surface area (Å²) in [5.41, 5.74) is 9.01. The van der Waals surface area contributed by atoms with Gasteiger partial charge in [0, 0.05) is 38.7 Å². The van der Waals surface area contributed by atoms with E-state index in [2.05, 4.69) is 167 Å². The third kappa shape index (κ3) is 4.18. The van der Waals surface area contributed by atoms with Crippen molar-refractivity contribution < 1.29 is 4.42 Å². The van der Waals surface area contributed by atoms with Crippen molar-refractivity contribution in [2.24, 2.45) is 4.99 Å². The molecule has 0 radical (unpaired) electrons. The highest BCUT2D eigenvalue weighted by molar-refractivity contribution is 6.22. The molecule has 1 aromatic heterocycles. The Kier molecular flexibility index (Phi) is 6.14. The van der Waals surface area contributed by atoms with E-state index in [0.717, 1.165) is 39.2 Å². The Morgan fingerprint density at radius 3 is 2.08 bits per heavy atom. The van der Waals surface area contributed by atoms with Crippen LogP contribution in [0.25, 0.3) is 32.7 Å². The molecule has 0 saturated carbocycles. The highest BCUT2D eigenvalue weighted by atomic mass is 16.3. The molecule has 3 heterocycles. The van der Waals surface area contributed by atoms with Gasteiger partial charge >= 0.3 is 0 Å². The molecule has 0 spiro atoms. The van der Waals surface area contributed by atoms with Gasteiger partial charge in [0.1, 0.15) is 29.3 Å². The highest BCUT2D eigenvalue weighted by Crippen LogP contribution is 2.55. The molecule has 4 unspecified atom stereocenters. The van der Waals surface area contributed by atoms with Crippen LogP contribution in [0.4, 0.5) is 11.4 Å². The molecule has 0 saturated heterocycles. The van der Waals surface area contributed by atoms with Gasteiger partial charge in [0.2, 0.25) is 0 Å². The van der Waals surface area contributed by atoms with Crippen molar-refractivity contribution in [3.63, 3.8) is 0 Å². The van der Waals surface area contributed by atoms with Gasteiger partial charge in [0.05, 0.1) is 11.7 Å². The number of benzene rings is 6. The van der Waals surface area contributed by atoms with Gasteiger partial charge in [-0.1, -0.05) is 127 Å². The number of anilines is 2. The van der Waals surface area contributed by atoms with Crippen LogP contribution in [0, 0.1) is 0 Å². The lowest BCUT2D eigenvalue weighted by Crippen LogP contribution is -2.44. The third-order valence-electron chi connectivity index (χ3n) is 10.1. The standard InChI is InChI=1S/C43H32N4O/c1-3-13-27(14-4-1)41-44-42(28-15-5-2-6-16-28)46-43(45-41)29-23-25-30(26-24-29)47-35-21-11-9-19-33(35)37-38-34-20-10-12-22-36(34)48-40(38)32-18-8-7-17-31(32)39(37)47/h1-26,33,35,41-42,44H,(H,45,46). The van der Waals surface area contributed by atoms with E-state index >= 15 is 0 Å². The number of aliphatic imine (C=N–C) groups is 1. The molecule has 5 nitrogen and oxygen atoms in total. The van der Waals surface area contributed by atoms with Crippen molar-refractivity contribution in [2.45, 2.75) is 24.3 Å². The van der Waals surface area contributed by atoms with Gasteiger partial charge in [0.15, 0.2) is 0 Å². The van der Waals surface area contributed by atoms with Gasteiger partial charge in [-0.25, -0.2) is 4.99 Å². The van der Waals surface area contributed by atoms with Crippen LogP contribution in [0.5, 0.6) is 0 Å². The molecule has 230 valence electrons. The zero-order valence-corrected chi connectivity index (χ0v) is 26.1. The number of hydrogen-bond donors (Lipinski definition) is 2. The predicted octanol–water partition coefficient (Wildman–Crippen LogP) is 9.81. The minimum absolute atomic E-state index is 0.0764. The largest absolute Gasteiger partial charge is 0.455 e. The van der Waals surface area contributed by atoms with Gasteiger partial charge in [-0.3, -0.25) is 5.32 Å². The fraction of sp³-hybridized carbons (Fsp3) is 0.0930. The lowest BCUT2D eigenvalue weighted by Gasteiger charge is -2.32. The van der Waals surface area contributed by atoms with Crippen LogP contribution < -0.4 is 15.5 Å². The SMILES string of the molecule is C1=CC2c3c(c4ccccc4c4oc5ccccc5c34)N(c3ccc(C4=NC(c5ccccc5)NC(c5ccccc5)N4)cc3)C2C=C1. The first-order valence-electron chi connectivity index (χ1n) is 16.6. The number of amidine groups is 1. The average Bonchev–Trinajstić information content (AvgIpc) is 3.72. The van der Waals surface area contributed by atoms with Crippen molar-refractivity contribution in [1.29, 1.82) is 0 Å². The molecule has 0 bridgehead atoms. The van der Waals surface area contributed by atoms with Crippen LogP contribution in [0.15, 0.2) is 167 Å². The monoisotopic (exact) mass is 620 g/mol. The van der Waals surface area contributed by atoms with Crippen LogP contribution in [0.2, 0.25) is 0 Å². The Hall–Kier alpha value is -5.91. The molecule has 10 rings (SSSR count). The summed E-state index contributed by atoms with van der Waals surface area (Å²) in [6.07, 6.45) is 8.82. The van der Waals surface area contributed by atoms with Crippen molar-refractivity contribution in [2.75, 3.05) is 4.90 Å². The summed E-state index contributed by atoms with van der Waals surface area (Å²) in [7, 11) is 0. The number of para-hydroxylation sites is 1. The van der Waals surface area contributed by atoms with E-state index in [1.54, 1.807) is 0 Å². The van der Waals surface area contributed by atoms with Crippen molar-refractivity contribution in [3.8, 4) is 0 Å². The van der Waals surface area contributed by atoms with E-state index in [1.807, 2.05) is 6.07 Å². The van der Waals surface area contributed by atoms with E-state index in [9.17, 15) is 0 Å². The lowest BCUT2D eigenvalue weighted by atomic mass is 9.87. The van der Waals surface area contributed by atoms with E-state index < -0.39 is 0 Å². The molecule has 3 aliphatic rings. The lowest BCUT2D eigenvalue weighted by molar-refractivity contribution is 0.409. The Balaban J connectivity index is 1.11. The fourth-order valence-corrected chi connectivity index (χ4v) is 7.91. The zero-order valence-electron chi connectivity index (χ0n) is 26.1. The number of nitrogens with one attached hydrogen (secondary N) is 2. The second kappa shape index (κ2) is 10.8. The summed E-state index contributed by atoms with van der Waals surface area (Å²) in [6.45, 7) is 0. The topological polar surface area (TPSA) is 52.8 Å². The van der Waals surface area contributed by atoms with E-state index in [1.165, 1.54) is 33.0 Å². The molecule has 1 aliphatic carbocycles. The molecule has 0 fully saturated rings. The van der Waals surface area contributed by atoms with Crippen LogP contribution in [-0.4, -0.2) is 11.9 Å². The van der Waals surface area contributed by atoms with E-state index in [4.69, 9.17) is 9.41 Å². The van der Waals surface area contributed by atoms with Crippen LogP contribution >= 0.6 is 0 Å². The second-order valence-corrected chi connectivity index (χ2v) is 12.8. The van der Waals surface area contributed by atoms with Crippen LogP contribution in [0.3, 0.4) is 0 Å². The Morgan fingerprint density at radius 2 is 1.29 bits per heavy atom. The summed E-state index contributed by atoms with van der Waals surface area (Å²) in [6, 6.07) is 47.2. The van der Waals surface area contributed by atoms with Crippen LogP contribution in [0.1, 0.15) is 40.5 Å². The molecular formula is C43H32N4O. The quantitative estimate of drug-likeness (QED) is 0.206. The maximum Gasteiger partial charge on any atom is 0.143 e. The van der Waals surface area contributed by atoms with Gasteiger partial charge in [0.25, 0.3) is 0 Å². The fourth-order valence-electron chi connectivity index (χ4n) is 7.91. The Bertz CT molecular complexity index is 2430. The predicted molar refractivity (Wildman–Crippen MR) is 196 cm³/mol. The minimum Gasteiger partial charge on any atom is -0.455 e. The molecular weight excluding hydrogens is 589 g/mol. The minimum atomic E-state index is -0.170. The van der Waals surface area contributed by atoms with Gasteiger partial charge in [-0.2, -0.15) is 0 Å². The van der Waals surface area contributed by atoms with Crippen LogP contribution in [-0.2, 0) is 0 Å². The summed E-state index contributed by atoms with van der Waals surface area (Å²) >= 11 is 0. The molecule has 6 aromatic carbocycles. The Morgan fingerprint density at radius 1 is 0.625 bits per heavy atom. The Labute approximate surface area is 278 Å². The van der Waals surface area contributed by atoms with Crippen molar-refractivity contribution in [1.82, 2.24) is 10.6 Å². The van der Waals surface area contributed by atoms with Gasteiger partial charge in [-0.15, -0.1) is 0 Å². The van der Waals surface area contributed by atoms with E-state index in [-0.39, 0.29) is 24.3 Å². The summed E-state index contributed by atoms with van der Waals surface area (Å²) in [5.74, 6) is 1.08. The number of fused-ring (bicyclic) bond motifs is 10. The maximum atomic E-state index is 6.59. The highest BCUT2D eigenvalue weighted by Gasteiger charge is 2.41. The summed E-state index contributed by atoms with van der Waals surface area (Å²) in [5, 5.41) is 12.1. The molecule has 0 amide bonds. The molecule has 2 N–H and O–H groups in total. The molecule has 7 aromatic rings. The number of rotatable bonds is 4.